The molecule has 0 atom stereocenters. The Morgan fingerprint density at radius 1 is 1.17 bits per heavy atom. The SMILES string of the molecule is NCC1(c2cc(-c3ccccc3)on2)CCCC1. The molecule has 1 aromatic heterocycles. The fourth-order valence-electron chi connectivity index (χ4n) is 2.88. The van der Waals surface area contributed by atoms with Gasteiger partial charge in [-0.1, -0.05) is 48.3 Å². The van der Waals surface area contributed by atoms with E-state index in [1.54, 1.807) is 0 Å². The summed E-state index contributed by atoms with van der Waals surface area (Å²) in [6.07, 6.45) is 4.74. The summed E-state index contributed by atoms with van der Waals surface area (Å²) in [6, 6.07) is 12.1. The van der Waals surface area contributed by atoms with E-state index < -0.39 is 0 Å². The van der Waals surface area contributed by atoms with Crippen molar-refractivity contribution in [3.63, 3.8) is 0 Å². The normalized spacial score (nSPS) is 18.1. The van der Waals surface area contributed by atoms with Crippen LogP contribution >= 0.6 is 0 Å². The molecule has 18 heavy (non-hydrogen) atoms. The Bertz CT molecular complexity index is 512. The van der Waals surface area contributed by atoms with Crippen LogP contribution in [0.25, 0.3) is 11.3 Å². The standard InChI is InChI=1S/C15H18N2O/c16-11-15(8-4-5-9-15)14-10-13(18-17-14)12-6-2-1-3-7-12/h1-3,6-7,10H,4-5,8-9,11,16H2. The number of nitrogens with two attached hydrogens (primary N) is 1. The van der Waals surface area contributed by atoms with Gasteiger partial charge in [-0.2, -0.15) is 0 Å². The smallest absolute Gasteiger partial charge is 0.167 e. The Balaban J connectivity index is 1.94. The van der Waals surface area contributed by atoms with E-state index >= 15 is 0 Å². The second kappa shape index (κ2) is 4.58. The summed E-state index contributed by atoms with van der Waals surface area (Å²) in [7, 11) is 0. The average Bonchev–Trinajstić information content (AvgIpc) is 3.09. The molecular formula is C15H18N2O. The van der Waals surface area contributed by atoms with Crippen molar-refractivity contribution in [1.29, 1.82) is 0 Å². The van der Waals surface area contributed by atoms with Crippen LogP contribution in [0, 0.1) is 0 Å². The summed E-state index contributed by atoms with van der Waals surface area (Å²) in [5.74, 6) is 0.838. The lowest BCUT2D eigenvalue weighted by atomic mass is 9.82. The summed E-state index contributed by atoms with van der Waals surface area (Å²) in [5, 5.41) is 4.26. The molecule has 2 aromatic rings. The minimum atomic E-state index is 0.0521. The van der Waals surface area contributed by atoms with Crippen LogP contribution in [-0.4, -0.2) is 11.7 Å². The highest BCUT2D eigenvalue weighted by Crippen LogP contribution is 2.40. The van der Waals surface area contributed by atoms with Gasteiger partial charge in [-0.3, -0.25) is 0 Å². The number of rotatable bonds is 3. The van der Waals surface area contributed by atoms with Crippen molar-refractivity contribution in [3.8, 4) is 11.3 Å². The largest absolute Gasteiger partial charge is 0.356 e. The average molecular weight is 242 g/mol. The third-order valence-electron chi connectivity index (χ3n) is 4.06. The molecule has 0 saturated heterocycles. The van der Waals surface area contributed by atoms with E-state index in [9.17, 15) is 0 Å². The van der Waals surface area contributed by atoms with E-state index in [0.29, 0.717) is 6.54 Å². The third-order valence-corrected chi connectivity index (χ3v) is 4.06. The van der Waals surface area contributed by atoms with Crippen molar-refractivity contribution in [1.82, 2.24) is 5.16 Å². The fraction of sp³-hybridized carbons (Fsp3) is 0.400. The Morgan fingerprint density at radius 3 is 2.56 bits per heavy atom. The molecule has 3 nitrogen and oxygen atoms in total. The van der Waals surface area contributed by atoms with Gasteiger partial charge in [0, 0.05) is 23.6 Å². The van der Waals surface area contributed by atoms with Gasteiger partial charge in [0.1, 0.15) is 0 Å². The molecule has 0 aliphatic heterocycles. The zero-order valence-electron chi connectivity index (χ0n) is 10.4. The highest BCUT2D eigenvalue weighted by Gasteiger charge is 2.37. The topological polar surface area (TPSA) is 52.0 Å². The van der Waals surface area contributed by atoms with E-state index in [1.807, 2.05) is 30.3 Å². The van der Waals surface area contributed by atoms with Gasteiger partial charge in [0.05, 0.1) is 5.69 Å². The molecule has 0 radical (unpaired) electrons. The monoisotopic (exact) mass is 242 g/mol. The van der Waals surface area contributed by atoms with Crippen LogP contribution in [0.3, 0.4) is 0 Å². The van der Waals surface area contributed by atoms with Gasteiger partial charge in [0.25, 0.3) is 0 Å². The predicted molar refractivity (Wildman–Crippen MR) is 71.1 cm³/mol. The lowest BCUT2D eigenvalue weighted by Crippen LogP contribution is -2.32. The Labute approximate surface area is 107 Å². The second-order valence-electron chi connectivity index (χ2n) is 5.13. The van der Waals surface area contributed by atoms with Gasteiger partial charge >= 0.3 is 0 Å². The van der Waals surface area contributed by atoms with Crippen molar-refractivity contribution in [2.45, 2.75) is 31.1 Å². The molecule has 0 bridgehead atoms. The molecule has 3 heteroatoms. The zero-order valence-corrected chi connectivity index (χ0v) is 10.4. The fourth-order valence-corrected chi connectivity index (χ4v) is 2.88. The molecule has 1 saturated carbocycles. The van der Waals surface area contributed by atoms with Crippen molar-refractivity contribution in [3.05, 3.63) is 42.1 Å². The highest BCUT2D eigenvalue weighted by atomic mass is 16.5. The Kier molecular flexibility index (Phi) is 2.92. The molecule has 1 aromatic carbocycles. The first kappa shape index (κ1) is 11.5. The maximum atomic E-state index is 5.97. The van der Waals surface area contributed by atoms with Crippen molar-refractivity contribution in [2.24, 2.45) is 5.73 Å². The van der Waals surface area contributed by atoms with Crippen LogP contribution in [0.5, 0.6) is 0 Å². The van der Waals surface area contributed by atoms with E-state index in [1.165, 1.54) is 12.8 Å². The zero-order chi connectivity index (χ0) is 12.4. The summed E-state index contributed by atoms with van der Waals surface area (Å²) in [5.41, 5.74) is 8.12. The van der Waals surface area contributed by atoms with Gasteiger partial charge in [-0.15, -0.1) is 0 Å². The Morgan fingerprint density at radius 2 is 1.89 bits per heavy atom. The van der Waals surface area contributed by atoms with Crippen LogP contribution < -0.4 is 5.73 Å². The lowest BCUT2D eigenvalue weighted by molar-refractivity contribution is 0.372. The van der Waals surface area contributed by atoms with Crippen molar-refractivity contribution >= 4 is 0 Å². The second-order valence-corrected chi connectivity index (χ2v) is 5.13. The minimum Gasteiger partial charge on any atom is -0.356 e. The number of hydrogen-bond donors (Lipinski definition) is 1. The van der Waals surface area contributed by atoms with E-state index in [2.05, 4.69) is 11.2 Å². The molecule has 0 spiro atoms. The predicted octanol–water partition coefficient (Wildman–Crippen LogP) is 3.11. The molecule has 1 aliphatic carbocycles. The van der Waals surface area contributed by atoms with E-state index in [-0.39, 0.29) is 5.41 Å². The minimum absolute atomic E-state index is 0.0521. The highest BCUT2D eigenvalue weighted by molar-refractivity contribution is 5.57. The number of nitrogens with zero attached hydrogens (tertiary/aromatic N) is 1. The van der Waals surface area contributed by atoms with E-state index in [0.717, 1.165) is 29.9 Å². The van der Waals surface area contributed by atoms with Crippen LogP contribution in [0.2, 0.25) is 0 Å². The summed E-state index contributed by atoms with van der Waals surface area (Å²) in [6.45, 7) is 0.660. The van der Waals surface area contributed by atoms with Crippen LogP contribution in [0.15, 0.2) is 40.9 Å². The van der Waals surface area contributed by atoms with E-state index in [4.69, 9.17) is 10.3 Å². The van der Waals surface area contributed by atoms with Crippen LogP contribution in [-0.2, 0) is 5.41 Å². The molecule has 94 valence electrons. The van der Waals surface area contributed by atoms with Crippen LogP contribution in [0.1, 0.15) is 31.4 Å². The van der Waals surface area contributed by atoms with Gasteiger partial charge in [-0.05, 0) is 12.8 Å². The Hall–Kier alpha value is -1.61. The number of aromatic nitrogens is 1. The van der Waals surface area contributed by atoms with Gasteiger partial charge in [-0.25, -0.2) is 0 Å². The summed E-state index contributed by atoms with van der Waals surface area (Å²) in [4.78, 5) is 0. The molecule has 1 fully saturated rings. The lowest BCUT2D eigenvalue weighted by Gasteiger charge is -2.23. The molecule has 1 heterocycles. The first-order valence-electron chi connectivity index (χ1n) is 6.57. The maximum Gasteiger partial charge on any atom is 0.167 e. The van der Waals surface area contributed by atoms with Gasteiger partial charge in [0.15, 0.2) is 5.76 Å². The quantitative estimate of drug-likeness (QED) is 0.899. The molecule has 2 N–H and O–H groups in total. The first-order valence-corrected chi connectivity index (χ1v) is 6.57. The molecule has 3 rings (SSSR count). The summed E-state index contributed by atoms with van der Waals surface area (Å²) >= 11 is 0. The van der Waals surface area contributed by atoms with Gasteiger partial charge in [0.2, 0.25) is 0 Å². The maximum absolute atomic E-state index is 5.97. The molecule has 0 unspecified atom stereocenters. The first-order chi connectivity index (χ1) is 8.84. The van der Waals surface area contributed by atoms with Crippen LogP contribution in [0.4, 0.5) is 0 Å². The number of benzene rings is 1. The van der Waals surface area contributed by atoms with Crippen molar-refractivity contribution < 1.29 is 4.52 Å². The molecule has 1 aliphatic rings. The summed E-state index contributed by atoms with van der Waals surface area (Å²) < 4.78 is 5.48. The van der Waals surface area contributed by atoms with Gasteiger partial charge < -0.3 is 10.3 Å². The third kappa shape index (κ3) is 1.85. The molecular weight excluding hydrogens is 224 g/mol. The molecule has 0 amide bonds. The number of hydrogen-bond acceptors (Lipinski definition) is 3. The van der Waals surface area contributed by atoms with Crippen molar-refractivity contribution in [2.75, 3.05) is 6.54 Å².